The topological polar surface area (TPSA) is 99.7 Å². The number of anilines is 1. The van der Waals surface area contributed by atoms with E-state index in [1.807, 2.05) is 12.1 Å². The van der Waals surface area contributed by atoms with E-state index in [2.05, 4.69) is 45.9 Å². The summed E-state index contributed by atoms with van der Waals surface area (Å²) in [6.45, 7) is 0.682. The molecule has 0 saturated heterocycles. The number of fused-ring (bicyclic) bond motifs is 1. The Hall–Kier alpha value is -3.15. The van der Waals surface area contributed by atoms with Gasteiger partial charge in [0.05, 0.1) is 17.6 Å². The predicted octanol–water partition coefficient (Wildman–Crippen LogP) is 2.56. The third kappa shape index (κ3) is 4.03. The van der Waals surface area contributed by atoms with Crippen molar-refractivity contribution >= 4 is 22.5 Å². The molecule has 3 aromatic rings. The maximum atomic E-state index is 7.50. The third-order valence-electron chi connectivity index (χ3n) is 4.06. The molecule has 0 aliphatic heterocycles. The van der Waals surface area contributed by atoms with Crippen LogP contribution in [0.25, 0.3) is 22.0 Å². The summed E-state index contributed by atoms with van der Waals surface area (Å²) in [5.74, 6) is 0.775. The molecule has 0 atom stereocenters. The Morgan fingerprint density at radius 2 is 1.96 bits per heavy atom. The van der Waals surface area contributed by atoms with Crippen molar-refractivity contribution in [3.63, 3.8) is 0 Å². The summed E-state index contributed by atoms with van der Waals surface area (Å²) in [6.07, 6.45) is 3.26. The van der Waals surface area contributed by atoms with Crippen LogP contribution >= 0.6 is 0 Å². The number of nitrogens with zero attached hydrogens (tertiary/aromatic N) is 2. The van der Waals surface area contributed by atoms with Crippen molar-refractivity contribution in [2.24, 2.45) is 0 Å². The number of benzene rings is 2. The van der Waals surface area contributed by atoms with Gasteiger partial charge in [0.15, 0.2) is 5.96 Å². The molecule has 6 nitrogen and oxygen atoms in total. The molecule has 128 valence electrons. The summed E-state index contributed by atoms with van der Waals surface area (Å²) >= 11 is 0. The number of nitrogens with one attached hydrogen (secondary N) is 3. The van der Waals surface area contributed by atoms with E-state index in [0.717, 1.165) is 23.4 Å². The van der Waals surface area contributed by atoms with Gasteiger partial charge in [-0.2, -0.15) is 0 Å². The van der Waals surface area contributed by atoms with Crippen LogP contribution in [0, 0.1) is 5.41 Å². The second kappa shape index (κ2) is 7.61. The van der Waals surface area contributed by atoms with Crippen LogP contribution in [-0.2, 0) is 6.42 Å². The normalized spacial score (nSPS) is 10.6. The molecule has 1 aromatic heterocycles. The highest BCUT2D eigenvalue weighted by Gasteiger charge is 2.07. The zero-order chi connectivity index (χ0) is 17.6. The second-order valence-corrected chi connectivity index (χ2v) is 5.80. The van der Waals surface area contributed by atoms with Gasteiger partial charge in [0, 0.05) is 19.2 Å². The Morgan fingerprint density at radius 1 is 1.16 bits per heavy atom. The number of aryl methyl sites for hydroxylation is 1. The number of nitrogen functional groups attached to an aromatic ring is 1. The molecule has 5 N–H and O–H groups in total. The standard InChI is InChI=1S/C19H22N6/c1-22-19(21)23-10-4-7-16-18(20)24-12-17(25-16)15-9-8-13-5-2-3-6-14(13)11-15/h2-3,5-6,8-9,11-12H,4,7,10H2,1H3,(H2,20,24)(H3,21,22,23). The molecule has 0 bridgehead atoms. The number of guanidine groups is 1. The lowest BCUT2D eigenvalue weighted by molar-refractivity contribution is 0.743. The maximum Gasteiger partial charge on any atom is 0.188 e. The van der Waals surface area contributed by atoms with Crippen molar-refractivity contribution in [3.05, 3.63) is 54.4 Å². The summed E-state index contributed by atoms with van der Waals surface area (Å²) < 4.78 is 0. The van der Waals surface area contributed by atoms with Crippen LogP contribution in [0.5, 0.6) is 0 Å². The summed E-state index contributed by atoms with van der Waals surface area (Å²) in [5.41, 5.74) is 8.63. The van der Waals surface area contributed by atoms with Crippen molar-refractivity contribution in [2.45, 2.75) is 12.8 Å². The number of aromatic nitrogens is 2. The van der Waals surface area contributed by atoms with Gasteiger partial charge >= 0.3 is 0 Å². The van der Waals surface area contributed by atoms with Gasteiger partial charge in [0.1, 0.15) is 5.82 Å². The number of hydrogen-bond acceptors (Lipinski definition) is 4. The van der Waals surface area contributed by atoms with E-state index in [-0.39, 0.29) is 0 Å². The molecule has 0 fully saturated rings. The summed E-state index contributed by atoms with van der Waals surface area (Å²) in [4.78, 5) is 9.01. The molecule has 0 aliphatic carbocycles. The fourth-order valence-electron chi connectivity index (χ4n) is 2.67. The lowest BCUT2D eigenvalue weighted by Gasteiger charge is -2.09. The van der Waals surface area contributed by atoms with E-state index < -0.39 is 0 Å². The van der Waals surface area contributed by atoms with Crippen LogP contribution < -0.4 is 16.4 Å². The first kappa shape index (κ1) is 16.7. The fourth-order valence-corrected chi connectivity index (χ4v) is 2.67. The molecular formula is C19H22N6. The first-order valence-corrected chi connectivity index (χ1v) is 8.28. The van der Waals surface area contributed by atoms with Gasteiger partial charge < -0.3 is 16.4 Å². The Kier molecular flexibility index (Phi) is 5.09. The molecule has 0 unspecified atom stereocenters. The van der Waals surface area contributed by atoms with Gasteiger partial charge in [0.2, 0.25) is 0 Å². The van der Waals surface area contributed by atoms with Crippen LogP contribution in [0.2, 0.25) is 0 Å². The molecule has 0 radical (unpaired) electrons. The molecule has 0 amide bonds. The number of rotatable bonds is 5. The highest BCUT2D eigenvalue weighted by molar-refractivity contribution is 5.86. The third-order valence-corrected chi connectivity index (χ3v) is 4.06. The van der Waals surface area contributed by atoms with Crippen LogP contribution in [0.4, 0.5) is 5.82 Å². The van der Waals surface area contributed by atoms with Crippen LogP contribution in [0.1, 0.15) is 12.1 Å². The highest BCUT2D eigenvalue weighted by Crippen LogP contribution is 2.24. The average Bonchev–Trinajstić information content (AvgIpc) is 2.65. The molecule has 1 heterocycles. The first-order chi connectivity index (χ1) is 12.2. The van der Waals surface area contributed by atoms with Crippen LogP contribution in [0.15, 0.2) is 48.7 Å². The molecular weight excluding hydrogens is 312 g/mol. The van der Waals surface area contributed by atoms with Crippen molar-refractivity contribution in [2.75, 3.05) is 19.3 Å². The van der Waals surface area contributed by atoms with E-state index >= 15 is 0 Å². The minimum absolute atomic E-state index is 0.309. The van der Waals surface area contributed by atoms with E-state index in [0.29, 0.717) is 24.7 Å². The monoisotopic (exact) mass is 334 g/mol. The minimum Gasteiger partial charge on any atom is -0.382 e. The van der Waals surface area contributed by atoms with Crippen molar-refractivity contribution in [3.8, 4) is 11.3 Å². The fraction of sp³-hybridized carbons (Fsp3) is 0.211. The van der Waals surface area contributed by atoms with Gasteiger partial charge in [-0.05, 0) is 29.7 Å². The Labute approximate surface area is 147 Å². The van der Waals surface area contributed by atoms with Gasteiger partial charge in [-0.15, -0.1) is 0 Å². The van der Waals surface area contributed by atoms with Gasteiger partial charge in [0.25, 0.3) is 0 Å². The Morgan fingerprint density at radius 3 is 2.76 bits per heavy atom. The van der Waals surface area contributed by atoms with E-state index in [9.17, 15) is 0 Å². The minimum atomic E-state index is 0.309. The largest absolute Gasteiger partial charge is 0.382 e. The first-order valence-electron chi connectivity index (χ1n) is 8.28. The molecule has 0 aliphatic rings. The maximum absolute atomic E-state index is 7.50. The predicted molar refractivity (Wildman–Crippen MR) is 102 cm³/mol. The Bertz CT molecular complexity index is 890. The summed E-state index contributed by atoms with van der Waals surface area (Å²) in [7, 11) is 1.71. The second-order valence-electron chi connectivity index (χ2n) is 5.80. The van der Waals surface area contributed by atoms with Gasteiger partial charge in [-0.1, -0.05) is 36.4 Å². The van der Waals surface area contributed by atoms with Crippen molar-refractivity contribution in [1.29, 1.82) is 5.41 Å². The number of hydrogen-bond donors (Lipinski definition) is 4. The molecule has 2 aromatic carbocycles. The molecule has 0 spiro atoms. The van der Waals surface area contributed by atoms with Crippen LogP contribution in [-0.4, -0.2) is 29.5 Å². The van der Waals surface area contributed by atoms with E-state index in [1.165, 1.54) is 10.8 Å². The van der Waals surface area contributed by atoms with E-state index in [4.69, 9.17) is 16.1 Å². The molecule has 6 heteroatoms. The zero-order valence-electron chi connectivity index (χ0n) is 14.2. The zero-order valence-corrected chi connectivity index (χ0v) is 14.2. The SMILES string of the molecule is CNC(=N)NCCCc1nc(-c2ccc3ccccc3c2)cnc1N. The van der Waals surface area contributed by atoms with Crippen molar-refractivity contribution in [1.82, 2.24) is 20.6 Å². The molecule has 3 rings (SSSR count). The van der Waals surface area contributed by atoms with Gasteiger partial charge in [-0.3, -0.25) is 5.41 Å². The number of nitrogens with two attached hydrogens (primary N) is 1. The van der Waals surface area contributed by atoms with Crippen LogP contribution in [0.3, 0.4) is 0 Å². The van der Waals surface area contributed by atoms with Gasteiger partial charge in [-0.25, -0.2) is 9.97 Å². The lowest BCUT2D eigenvalue weighted by Crippen LogP contribution is -2.34. The summed E-state index contributed by atoms with van der Waals surface area (Å²) in [6, 6.07) is 14.5. The molecule has 25 heavy (non-hydrogen) atoms. The van der Waals surface area contributed by atoms with E-state index in [1.54, 1.807) is 13.2 Å². The highest BCUT2D eigenvalue weighted by atomic mass is 15.1. The molecule has 0 saturated carbocycles. The average molecular weight is 334 g/mol. The summed E-state index contributed by atoms with van der Waals surface area (Å²) in [5, 5.41) is 15.6. The van der Waals surface area contributed by atoms with Crippen molar-refractivity contribution < 1.29 is 0 Å². The lowest BCUT2D eigenvalue weighted by atomic mass is 10.1. The quantitative estimate of drug-likeness (QED) is 0.326. The Balaban J connectivity index is 1.76. The smallest absolute Gasteiger partial charge is 0.188 e.